The van der Waals surface area contributed by atoms with Crippen LogP contribution >= 0.6 is 11.6 Å². The molecule has 3 amide bonds. The number of carbonyl (C=O) groups is 2. The topological polar surface area (TPSA) is 78.7 Å². The highest BCUT2D eigenvalue weighted by molar-refractivity contribution is 6.34. The van der Waals surface area contributed by atoms with Gasteiger partial charge in [-0.1, -0.05) is 11.6 Å². The van der Waals surface area contributed by atoms with E-state index in [1.807, 2.05) is 4.90 Å². The van der Waals surface area contributed by atoms with Crippen molar-refractivity contribution >= 4 is 29.2 Å². The summed E-state index contributed by atoms with van der Waals surface area (Å²) in [5.74, 6) is 0.861. The summed E-state index contributed by atoms with van der Waals surface area (Å²) in [6, 6.07) is 4.93. The lowest BCUT2D eigenvalue weighted by atomic mass is 9.98. The largest absolute Gasteiger partial charge is 0.338 e. The third kappa shape index (κ3) is 3.21. The molecule has 3 unspecified atom stereocenters. The second-order valence-corrected chi connectivity index (χ2v) is 7.30. The van der Waals surface area contributed by atoms with Crippen molar-refractivity contribution in [2.75, 3.05) is 32.5 Å². The smallest absolute Gasteiger partial charge is 0.321 e. The summed E-state index contributed by atoms with van der Waals surface area (Å²) in [6.45, 7) is 1.47. The van der Waals surface area contributed by atoms with E-state index in [0.717, 1.165) is 19.4 Å². The molecule has 130 valence electrons. The van der Waals surface area contributed by atoms with Gasteiger partial charge in [-0.2, -0.15) is 0 Å². The highest BCUT2D eigenvalue weighted by atomic mass is 35.5. The molecule has 2 aliphatic rings. The van der Waals surface area contributed by atoms with Crippen LogP contribution in [0.3, 0.4) is 0 Å². The van der Waals surface area contributed by atoms with E-state index in [4.69, 9.17) is 17.3 Å². The first-order valence-electron chi connectivity index (χ1n) is 8.19. The Morgan fingerprint density at radius 2 is 2.04 bits per heavy atom. The van der Waals surface area contributed by atoms with Gasteiger partial charge in [-0.05, 0) is 42.9 Å². The normalized spacial score (nSPS) is 25.5. The number of fused-ring (bicyclic) bond motifs is 1. The number of amides is 3. The van der Waals surface area contributed by atoms with Crippen LogP contribution in [0.5, 0.6) is 0 Å². The van der Waals surface area contributed by atoms with Crippen molar-refractivity contribution in [3.05, 3.63) is 28.8 Å². The Bertz CT molecular complexity index is 664. The Labute approximate surface area is 146 Å². The number of nitrogens with one attached hydrogen (secondary N) is 1. The highest BCUT2D eigenvalue weighted by Crippen LogP contribution is 2.38. The molecule has 1 saturated carbocycles. The summed E-state index contributed by atoms with van der Waals surface area (Å²) in [5, 5.41) is 3.06. The standard InChI is InChI=1S/C17H23ClN4O2/c1-21(2)17(24)20-11-4-5-12(14(18)7-11)16(23)22-8-10-3-6-15(19)13(10)9-22/h4-5,7,10,13,15H,3,6,8-9,19H2,1-2H3,(H,20,24). The molecule has 24 heavy (non-hydrogen) atoms. The van der Waals surface area contributed by atoms with E-state index in [1.165, 1.54) is 4.90 Å². The predicted molar refractivity (Wildman–Crippen MR) is 94.3 cm³/mol. The summed E-state index contributed by atoms with van der Waals surface area (Å²) >= 11 is 6.28. The maximum atomic E-state index is 12.8. The lowest BCUT2D eigenvalue weighted by Gasteiger charge is -2.20. The molecule has 1 aliphatic heterocycles. The quantitative estimate of drug-likeness (QED) is 0.858. The lowest BCUT2D eigenvalue weighted by Crippen LogP contribution is -2.33. The molecule has 0 spiro atoms. The second-order valence-electron chi connectivity index (χ2n) is 6.89. The third-order valence-corrected chi connectivity index (χ3v) is 5.37. The monoisotopic (exact) mass is 350 g/mol. The van der Waals surface area contributed by atoms with E-state index >= 15 is 0 Å². The van der Waals surface area contributed by atoms with E-state index in [1.54, 1.807) is 32.3 Å². The molecular formula is C17H23ClN4O2. The second kappa shape index (κ2) is 6.61. The van der Waals surface area contributed by atoms with Crippen LogP contribution in [-0.4, -0.2) is 55.0 Å². The van der Waals surface area contributed by atoms with Crippen LogP contribution in [0, 0.1) is 11.8 Å². The van der Waals surface area contributed by atoms with Gasteiger partial charge in [-0.3, -0.25) is 4.79 Å². The van der Waals surface area contributed by atoms with E-state index in [2.05, 4.69) is 5.32 Å². The molecule has 1 heterocycles. The molecule has 0 aromatic heterocycles. The number of rotatable bonds is 2. The number of likely N-dealkylation sites (tertiary alicyclic amines) is 1. The molecule has 1 aromatic carbocycles. The van der Waals surface area contributed by atoms with Crippen molar-refractivity contribution in [2.24, 2.45) is 17.6 Å². The van der Waals surface area contributed by atoms with Crippen molar-refractivity contribution < 1.29 is 9.59 Å². The van der Waals surface area contributed by atoms with Crippen molar-refractivity contribution in [1.82, 2.24) is 9.80 Å². The molecule has 0 bridgehead atoms. The molecule has 3 N–H and O–H groups in total. The Balaban J connectivity index is 1.71. The van der Waals surface area contributed by atoms with Gasteiger partial charge in [-0.15, -0.1) is 0 Å². The fraction of sp³-hybridized carbons (Fsp3) is 0.529. The number of anilines is 1. The van der Waals surface area contributed by atoms with Crippen LogP contribution in [-0.2, 0) is 0 Å². The minimum Gasteiger partial charge on any atom is -0.338 e. The van der Waals surface area contributed by atoms with Gasteiger partial charge in [0.15, 0.2) is 0 Å². The van der Waals surface area contributed by atoms with Crippen LogP contribution in [0.1, 0.15) is 23.2 Å². The Morgan fingerprint density at radius 1 is 1.29 bits per heavy atom. The van der Waals surface area contributed by atoms with Gasteiger partial charge < -0.3 is 20.9 Å². The molecule has 1 aliphatic carbocycles. The van der Waals surface area contributed by atoms with Crippen molar-refractivity contribution in [1.29, 1.82) is 0 Å². The Morgan fingerprint density at radius 3 is 2.67 bits per heavy atom. The highest BCUT2D eigenvalue weighted by Gasteiger charge is 2.42. The molecule has 1 aromatic rings. The van der Waals surface area contributed by atoms with Gasteiger partial charge >= 0.3 is 6.03 Å². The van der Waals surface area contributed by atoms with Gasteiger partial charge in [0.25, 0.3) is 5.91 Å². The maximum Gasteiger partial charge on any atom is 0.321 e. The van der Waals surface area contributed by atoms with Gasteiger partial charge in [0.05, 0.1) is 10.6 Å². The predicted octanol–water partition coefficient (Wildman–Crippen LogP) is 2.24. The first-order valence-corrected chi connectivity index (χ1v) is 8.57. The molecule has 6 nitrogen and oxygen atoms in total. The fourth-order valence-corrected chi connectivity index (χ4v) is 3.91. The first-order chi connectivity index (χ1) is 11.4. The number of urea groups is 1. The number of carbonyl (C=O) groups excluding carboxylic acids is 2. The zero-order chi connectivity index (χ0) is 17.4. The van der Waals surface area contributed by atoms with E-state index in [0.29, 0.717) is 34.7 Å². The van der Waals surface area contributed by atoms with Crippen LogP contribution < -0.4 is 11.1 Å². The van der Waals surface area contributed by atoms with Crippen LogP contribution in [0.4, 0.5) is 10.5 Å². The van der Waals surface area contributed by atoms with Crippen molar-refractivity contribution in [2.45, 2.75) is 18.9 Å². The summed E-state index contributed by atoms with van der Waals surface area (Å²) in [6.07, 6.45) is 2.15. The Kier molecular flexibility index (Phi) is 4.69. The maximum absolute atomic E-state index is 12.8. The number of hydrogen-bond donors (Lipinski definition) is 2. The van der Waals surface area contributed by atoms with E-state index in [-0.39, 0.29) is 18.0 Å². The third-order valence-electron chi connectivity index (χ3n) is 5.06. The van der Waals surface area contributed by atoms with Gasteiger partial charge in [0, 0.05) is 38.9 Å². The molecule has 2 fully saturated rings. The molecule has 1 saturated heterocycles. The number of nitrogens with zero attached hydrogens (tertiary/aromatic N) is 2. The van der Waals surface area contributed by atoms with E-state index in [9.17, 15) is 9.59 Å². The van der Waals surface area contributed by atoms with E-state index < -0.39 is 0 Å². The summed E-state index contributed by atoms with van der Waals surface area (Å²) in [4.78, 5) is 27.7. The lowest BCUT2D eigenvalue weighted by molar-refractivity contribution is 0.0780. The fourth-order valence-electron chi connectivity index (χ4n) is 3.65. The average Bonchev–Trinajstić information content (AvgIpc) is 3.09. The minimum atomic E-state index is -0.244. The van der Waals surface area contributed by atoms with Gasteiger partial charge in [0.1, 0.15) is 0 Å². The van der Waals surface area contributed by atoms with Crippen molar-refractivity contribution in [3.63, 3.8) is 0 Å². The summed E-state index contributed by atoms with van der Waals surface area (Å²) < 4.78 is 0. The van der Waals surface area contributed by atoms with Gasteiger partial charge in [-0.25, -0.2) is 4.79 Å². The number of hydrogen-bond acceptors (Lipinski definition) is 3. The molecule has 7 heteroatoms. The number of benzene rings is 1. The van der Waals surface area contributed by atoms with Gasteiger partial charge in [0.2, 0.25) is 0 Å². The minimum absolute atomic E-state index is 0.0629. The number of nitrogens with two attached hydrogens (primary N) is 1. The molecular weight excluding hydrogens is 328 g/mol. The zero-order valence-electron chi connectivity index (χ0n) is 14.0. The Hall–Kier alpha value is -1.79. The van der Waals surface area contributed by atoms with Crippen LogP contribution in [0.2, 0.25) is 5.02 Å². The first kappa shape index (κ1) is 17.0. The number of halogens is 1. The molecule has 3 atom stereocenters. The average molecular weight is 351 g/mol. The zero-order valence-corrected chi connectivity index (χ0v) is 14.7. The van der Waals surface area contributed by atoms with Crippen molar-refractivity contribution in [3.8, 4) is 0 Å². The van der Waals surface area contributed by atoms with Crippen LogP contribution in [0.25, 0.3) is 0 Å². The summed E-state index contributed by atoms with van der Waals surface area (Å²) in [5.41, 5.74) is 7.16. The summed E-state index contributed by atoms with van der Waals surface area (Å²) in [7, 11) is 3.31. The molecule has 0 radical (unpaired) electrons. The van der Waals surface area contributed by atoms with Crippen LogP contribution in [0.15, 0.2) is 18.2 Å². The SMILES string of the molecule is CN(C)C(=O)Nc1ccc(C(=O)N2CC3CCC(N)C3C2)c(Cl)c1. The molecule has 3 rings (SSSR count).